The molecule has 0 saturated carbocycles. The fourth-order valence-electron chi connectivity index (χ4n) is 3.81. The highest BCUT2D eigenvalue weighted by Gasteiger charge is 2.37. The Labute approximate surface area is 121 Å². The quantitative estimate of drug-likeness (QED) is 0.850. The minimum atomic E-state index is 0.718. The van der Waals surface area contributed by atoms with Gasteiger partial charge in [-0.2, -0.15) is 0 Å². The van der Waals surface area contributed by atoms with Crippen LogP contribution in [0.3, 0.4) is 0 Å². The van der Waals surface area contributed by atoms with Crippen LogP contribution in [0.1, 0.15) is 32.1 Å². The Morgan fingerprint density at radius 2 is 1.95 bits per heavy atom. The summed E-state index contributed by atoms with van der Waals surface area (Å²) in [5.74, 6) is 0. The van der Waals surface area contributed by atoms with E-state index >= 15 is 0 Å². The van der Waals surface area contributed by atoms with E-state index in [1.807, 2.05) is 11.8 Å². The van der Waals surface area contributed by atoms with Gasteiger partial charge in [-0.1, -0.05) is 6.07 Å². The molecule has 2 nitrogen and oxygen atoms in total. The van der Waals surface area contributed by atoms with Crippen molar-refractivity contribution in [2.24, 2.45) is 0 Å². The number of benzene rings is 1. The van der Waals surface area contributed by atoms with Crippen LogP contribution < -0.4 is 10.2 Å². The van der Waals surface area contributed by atoms with E-state index in [1.165, 1.54) is 42.7 Å². The Hall–Kier alpha value is -0.670. The minimum Gasteiger partial charge on any atom is -0.365 e. The zero-order valence-electron chi connectivity index (χ0n) is 11.9. The SMILES string of the molecule is CNC1CC2CCCC(C1)N2c1cccc(SC)c1. The third-order valence-electron chi connectivity index (χ3n) is 4.73. The van der Waals surface area contributed by atoms with Gasteiger partial charge in [0.2, 0.25) is 0 Å². The van der Waals surface area contributed by atoms with Crippen molar-refractivity contribution < 1.29 is 0 Å². The molecule has 2 aliphatic rings. The van der Waals surface area contributed by atoms with Crippen LogP contribution in [0.25, 0.3) is 0 Å². The summed E-state index contributed by atoms with van der Waals surface area (Å²) in [6.07, 6.45) is 8.89. The molecule has 3 rings (SSSR count). The van der Waals surface area contributed by atoms with Gasteiger partial charge in [0.15, 0.2) is 0 Å². The first kappa shape index (κ1) is 13.3. The van der Waals surface area contributed by atoms with Gasteiger partial charge in [0.05, 0.1) is 0 Å². The average Bonchev–Trinajstić information content (AvgIpc) is 2.46. The van der Waals surface area contributed by atoms with Crippen LogP contribution in [0, 0.1) is 0 Å². The normalized spacial score (nSPS) is 30.4. The molecule has 0 spiro atoms. The van der Waals surface area contributed by atoms with Gasteiger partial charge in [-0.25, -0.2) is 0 Å². The summed E-state index contributed by atoms with van der Waals surface area (Å²) in [4.78, 5) is 4.10. The van der Waals surface area contributed by atoms with Crippen LogP contribution >= 0.6 is 11.8 Å². The van der Waals surface area contributed by atoms with Crippen LogP contribution in [-0.4, -0.2) is 31.4 Å². The fourth-order valence-corrected chi connectivity index (χ4v) is 4.26. The number of thioether (sulfide) groups is 1. The molecule has 2 aliphatic heterocycles. The summed E-state index contributed by atoms with van der Waals surface area (Å²) in [5.41, 5.74) is 1.44. The Bertz CT molecular complexity index is 421. The van der Waals surface area contributed by atoms with Gasteiger partial charge in [-0.3, -0.25) is 0 Å². The van der Waals surface area contributed by atoms with E-state index in [0.717, 1.165) is 18.1 Å². The van der Waals surface area contributed by atoms with Crippen molar-refractivity contribution in [2.75, 3.05) is 18.2 Å². The lowest BCUT2D eigenvalue weighted by Crippen LogP contribution is -2.56. The Morgan fingerprint density at radius 3 is 2.58 bits per heavy atom. The molecule has 2 fully saturated rings. The topological polar surface area (TPSA) is 15.3 Å². The number of nitrogens with zero attached hydrogens (tertiary/aromatic N) is 1. The lowest BCUT2D eigenvalue weighted by molar-refractivity contribution is 0.252. The second-order valence-electron chi connectivity index (χ2n) is 5.80. The fraction of sp³-hybridized carbons (Fsp3) is 0.625. The van der Waals surface area contributed by atoms with Gasteiger partial charge in [-0.15, -0.1) is 11.8 Å². The highest BCUT2D eigenvalue weighted by atomic mass is 32.2. The standard InChI is InChI=1S/C16H24N2S/c1-17-12-9-13-5-3-6-14(10-12)18(13)15-7-4-8-16(11-15)19-2/h4,7-8,11-14,17H,3,5-6,9-10H2,1-2H3. The van der Waals surface area contributed by atoms with E-state index < -0.39 is 0 Å². The number of piperidine rings is 2. The number of nitrogens with one attached hydrogen (secondary N) is 1. The van der Waals surface area contributed by atoms with E-state index in [-0.39, 0.29) is 0 Å². The van der Waals surface area contributed by atoms with Crippen molar-refractivity contribution in [1.29, 1.82) is 0 Å². The second-order valence-corrected chi connectivity index (χ2v) is 6.68. The first-order chi connectivity index (χ1) is 9.31. The van der Waals surface area contributed by atoms with Gasteiger partial charge < -0.3 is 10.2 Å². The van der Waals surface area contributed by atoms with Crippen LogP contribution in [-0.2, 0) is 0 Å². The van der Waals surface area contributed by atoms with Crippen molar-refractivity contribution in [3.8, 4) is 0 Å². The highest BCUT2D eigenvalue weighted by Crippen LogP contribution is 2.38. The molecule has 1 aromatic carbocycles. The largest absolute Gasteiger partial charge is 0.365 e. The molecule has 2 unspecified atom stereocenters. The zero-order valence-corrected chi connectivity index (χ0v) is 12.7. The second kappa shape index (κ2) is 5.76. The van der Waals surface area contributed by atoms with Crippen molar-refractivity contribution in [3.05, 3.63) is 24.3 Å². The lowest BCUT2D eigenvalue weighted by atomic mass is 9.81. The number of hydrogen-bond donors (Lipinski definition) is 1. The molecule has 1 aromatic rings. The molecule has 2 atom stereocenters. The maximum atomic E-state index is 3.50. The Morgan fingerprint density at radius 1 is 1.21 bits per heavy atom. The van der Waals surface area contributed by atoms with E-state index in [1.54, 1.807) is 0 Å². The summed E-state index contributed by atoms with van der Waals surface area (Å²) in [7, 11) is 2.12. The third kappa shape index (κ3) is 2.63. The van der Waals surface area contributed by atoms with Crippen LogP contribution in [0.4, 0.5) is 5.69 Å². The molecular weight excluding hydrogens is 252 g/mol. The maximum absolute atomic E-state index is 3.50. The summed E-state index contributed by atoms with van der Waals surface area (Å²) in [6, 6.07) is 11.3. The van der Waals surface area contributed by atoms with Crippen molar-refractivity contribution >= 4 is 17.4 Å². The van der Waals surface area contributed by atoms with Gasteiger partial charge in [-0.05, 0) is 63.6 Å². The highest BCUT2D eigenvalue weighted by molar-refractivity contribution is 7.98. The van der Waals surface area contributed by atoms with Gasteiger partial charge in [0.1, 0.15) is 0 Å². The van der Waals surface area contributed by atoms with Crippen LogP contribution in [0.15, 0.2) is 29.2 Å². The molecule has 0 aliphatic carbocycles. The molecule has 2 bridgehead atoms. The van der Waals surface area contributed by atoms with E-state index in [0.29, 0.717) is 0 Å². The molecule has 104 valence electrons. The zero-order chi connectivity index (χ0) is 13.2. The molecule has 0 aromatic heterocycles. The van der Waals surface area contributed by atoms with Crippen LogP contribution in [0.2, 0.25) is 0 Å². The molecular formula is C16H24N2S. The molecule has 19 heavy (non-hydrogen) atoms. The molecule has 0 radical (unpaired) electrons. The summed E-state index contributed by atoms with van der Waals surface area (Å²) in [5, 5.41) is 3.50. The summed E-state index contributed by atoms with van der Waals surface area (Å²) in [6.45, 7) is 0. The minimum absolute atomic E-state index is 0.718. The van der Waals surface area contributed by atoms with Gasteiger partial charge in [0, 0.05) is 28.7 Å². The lowest BCUT2D eigenvalue weighted by Gasteiger charge is -2.50. The third-order valence-corrected chi connectivity index (χ3v) is 5.46. The van der Waals surface area contributed by atoms with Gasteiger partial charge >= 0.3 is 0 Å². The maximum Gasteiger partial charge on any atom is 0.0382 e. The molecule has 0 amide bonds. The number of anilines is 1. The smallest absolute Gasteiger partial charge is 0.0382 e. The Kier molecular flexibility index (Phi) is 4.04. The first-order valence-electron chi connectivity index (χ1n) is 7.41. The van der Waals surface area contributed by atoms with Crippen LogP contribution in [0.5, 0.6) is 0 Å². The number of hydrogen-bond acceptors (Lipinski definition) is 3. The number of fused-ring (bicyclic) bond motifs is 2. The monoisotopic (exact) mass is 276 g/mol. The summed E-state index contributed by atoms with van der Waals surface area (Å²) < 4.78 is 0. The predicted molar refractivity (Wildman–Crippen MR) is 84.2 cm³/mol. The predicted octanol–water partition coefficient (Wildman–Crippen LogP) is 3.52. The van der Waals surface area contributed by atoms with E-state index in [9.17, 15) is 0 Å². The first-order valence-corrected chi connectivity index (χ1v) is 8.64. The van der Waals surface area contributed by atoms with E-state index in [4.69, 9.17) is 0 Å². The van der Waals surface area contributed by atoms with Crippen molar-refractivity contribution in [3.63, 3.8) is 0 Å². The average molecular weight is 276 g/mol. The summed E-state index contributed by atoms with van der Waals surface area (Å²) >= 11 is 1.84. The Balaban J connectivity index is 1.87. The molecule has 2 saturated heterocycles. The number of rotatable bonds is 3. The van der Waals surface area contributed by atoms with Crippen molar-refractivity contribution in [1.82, 2.24) is 5.32 Å². The van der Waals surface area contributed by atoms with Gasteiger partial charge in [0.25, 0.3) is 0 Å². The molecule has 2 heterocycles. The molecule has 1 N–H and O–H groups in total. The molecule has 3 heteroatoms. The van der Waals surface area contributed by atoms with E-state index in [2.05, 4.69) is 47.8 Å². The van der Waals surface area contributed by atoms with Crippen molar-refractivity contribution in [2.45, 2.75) is 55.1 Å².